The average molecular weight is 172 g/mol. The van der Waals surface area contributed by atoms with Crippen molar-refractivity contribution in [2.75, 3.05) is 26.2 Å². The van der Waals surface area contributed by atoms with Gasteiger partial charge in [0, 0.05) is 25.7 Å². The summed E-state index contributed by atoms with van der Waals surface area (Å²) in [5.41, 5.74) is 5.88. The summed E-state index contributed by atoms with van der Waals surface area (Å²) >= 11 is 0. The summed E-state index contributed by atoms with van der Waals surface area (Å²) in [7, 11) is 0. The fraction of sp³-hybridized carbons (Fsp3) is 1.00. The Hall–Kier alpha value is -0.120. The standard InChI is InChI=1S/C9H20N2O/c1-8-6-11(7-9(8)10)4-2-3-5-12/h8-9,12H,2-7,10H2,1H3. The van der Waals surface area contributed by atoms with Gasteiger partial charge < -0.3 is 15.7 Å². The Morgan fingerprint density at radius 2 is 2.17 bits per heavy atom. The molecule has 3 N–H and O–H groups in total. The largest absolute Gasteiger partial charge is 0.396 e. The first-order valence-electron chi connectivity index (χ1n) is 4.83. The molecule has 0 aromatic rings. The summed E-state index contributed by atoms with van der Waals surface area (Å²) < 4.78 is 0. The first-order valence-corrected chi connectivity index (χ1v) is 4.83. The summed E-state index contributed by atoms with van der Waals surface area (Å²) in [5, 5.41) is 8.60. The van der Waals surface area contributed by atoms with E-state index in [2.05, 4.69) is 11.8 Å². The van der Waals surface area contributed by atoms with E-state index in [0.29, 0.717) is 18.6 Å². The molecule has 12 heavy (non-hydrogen) atoms. The van der Waals surface area contributed by atoms with Crippen LogP contribution in [0.2, 0.25) is 0 Å². The van der Waals surface area contributed by atoms with Gasteiger partial charge in [0.1, 0.15) is 0 Å². The van der Waals surface area contributed by atoms with Gasteiger partial charge in [0.25, 0.3) is 0 Å². The normalized spacial score (nSPS) is 31.2. The smallest absolute Gasteiger partial charge is 0.0431 e. The van der Waals surface area contributed by atoms with Crippen molar-refractivity contribution in [2.24, 2.45) is 11.7 Å². The third kappa shape index (κ3) is 2.73. The molecule has 1 rings (SSSR count). The van der Waals surface area contributed by atoms with Crippen LogP contribution < -0.4 is 5.73 Å². The maximum atomic E-state index is 8.60. The van der Waals surface area contributed by atoms with Crippen LogP contribution in [0.1, 0.15) is 19.8 Å². The highest BCUT2D eigenvalue weighted by Crippen LogP contribution is 2.14. The van der Waals surface area contributed by atoms with Crippen LogP contribution in [0.4, 0.5) is 0 Å². The minimum Gasteiger partial charge on any atom is -0.396 e. The molecule has 0 aliphatic carbocycles. The summed E-state index contributed by atoms with van der Waals surface area (Å²) in [5.74, 6) is 0.638. The van der Waals surface area contributed by atoms with Crippen molar-refractivity contribution in [3.8, 4) is 0 Å². The molecule has 0 bridgehead atoms. The van der Waals surface area contributed by atoms with E-state index in [1.165, 1.54) is 0 Å². The second-order valence-corrected chi connectivity index (χ2v) is 3.83. The van der Waals surface area contributed by atoms with Crippen LogP contribution in [0.3, 0.4) is 0 Å². The number of rotatable bonds is 4. The van der Waals surface area contributed by atoms with Gasteiger partial charge in [0.2, 0.25) is 0 Å². The van der Waals surface area contributed by atoms with E-state index >= 15 is 0 Å². The second kappa shape index (κ2) is 4.80. The number of nitrogens with two attached hydrogens (primary N) is 1. The summed E-state index contributed by atoms with van der Waals surface area (Å²) in [6.45, 7) is 5.78. The third-order valence-electron chi connectivity index (χ3n) is 2.63. The zero-order chi connectivity index (χ0) is 8.97. The number of likely N-dealkylation sites (tertiary alicyclic amines) is 1. The van der Waals surface area contributed by atoms with Crippen LogP contribution in [-0.4, -0.2) is 42.3 Å². The Bertz CT molecular complexity index is 120. The van der Waals surface area contributed by atoms with Gasteiger partial charge in [-0.15, -0.1) is 0 Å². The van der Waals surface area contributed by atoms with Crippen molar-refractivity contribution in [1.82, 2.24) is 4.90 Å². The molecule has 3 nitrogen and oxygen atoms in total. The second-order valence-electron chi connectivity index (χ2n) is 3.83. The van der Waals surface area contributed by atoms with Crippen LogP contribution >= 0.6 is 0 Å². The molecule has 1 aliphatic rings. The molecule has 1 saturated heterocycles. The van der Waals surface area contributed by atoms with Crippen LogP contribution in [0.5, 0.6) is 0 Å². The molecule has 1 aliphatic heterocycles. The average Bonchev–Trinajstić information content (AvgIpc) is 2.32. The van der Waals surface area contributed by atoms with E-state index in [0.717, 1.165) is 32.5 Å². The van der Waals surface area contributed by atoms with E-state index in [1.807, 2.05) is 0 Å². The van der Waals surface area contributed by atoms with Gasteiger partial charge in [-0.1, -0.05) is 6.92 Å². The van der Waals surface area contributed by atoms with Crippen LogP contribution in [0.25, 0.3) is 0 Å². The summed E-state index contributed by atoms with van der Waals surface area (Å²) in [4.78, 5) is 2.39. The molecule has 0 amide bonds. The van der Waals surface area contributed by atoms with E-state index in [4.69, 9.17) is 10.8 Å². The predicted octanol–water partition coefficient (Wildman–Crippen LogP) is 0.0379. The Labute approximate surface area is 74.5 Å². The summed E-state index contributed by atoms with van der Waals surface area (Å²) in [6.07, 6.45) is 2.01. The third-order valence-corrected chi connectivity index (χ3v) is 2.63. The first-order chi connectivity index (χ1) is 5.74. The van der Waals surface area contributed by atoms with E-state index < -0.39 is 0 Å². The molecule has 1 heterocycles. The Morgan fingerprint density at radius 3 is 2.67 bits per heavy atom. The zero-order valence-corrected chi connectivity index (χ0v) is 7.87. The van der Waals surface area contributed by atoms with E-state index in [9.17, 15) is 0 Å². The van der Waals surface area contributed by atoms with E-state index in [-0.39, 0.29) is 0 Å². The number of unbranched alkanes of at least 4 members (excludes halogenated alkanes) is 1. The Morgan fingerprint density at radius 1 is 1.42 bits per heavy atom. The van der Waals surface area contributed by atoms with E-state index in [1.54, 1.807) is 0 Å². The van der Waals surface area contributed by atoms with Gasteiger partial charge in [0.15, 0.2) is 0 Å². The zero-order valence-electron chi connectivity index (χ0n) is 7.87. The van der Waals surface area contributed by atoms with Crippen LogP contribution in [0.15, 0.2) is 0 Å². The number of hydrogen-bond donors (Lipinski definition) is 2. The lowest BCUT2D eigenvalue weighted by Crippen LogP contribution is -2.28. The molecule has 3 heteroatoms. The quantitative estimate of drug-likeness (QED) is 0.589. The van der Waals surface area contributed by atoms with Crippen molar-refractivity contribution in [3.05, 3.63) is 0 Å². The minimum atomic E-state index is 0.315. The predicted molar refractivity (Wildman–Crippen MR) is 49.9 cm³/mol. The molecule has 0 saturated carbocycles. The number of aliphatic hydroxyl groups is 1. The number of aliphatic hydroxyl groups excluding tert-OH is 1. The molecule has 0 radical (unpaired) electrons. The number of nitrogens with zero attached hydrogens (tertiary/aromatic N) is 1. The SMILES string of the molecule is CC1CN(CCCCO)CC1N. The van der Waals surface area contributed by atoms with Gasteiger partial charge in [-0.3, -0.25) is 0 Å². The van der Waals surface area contributed by atoms with Gasteiger partial charge >= 0.3 is 0 Å². The molecule has 2 atom stereocenters. The minimum absolute atomic E-state index is 0.315. The van der Waals surface area contributed by atoms with Gasteiger partial charge in [-0.05, 0) is 25.3 Å². The molecule has 72 valence electrons. The highest BCUT2D eigenvalue weighted by Gasteiger charge is 2.25. The van der Waals surface area contributed by atoms with Crippen molar-refractivity contribution in [2.45, 2.75) is 25.8 Å². The molecule has 0 spiro atoms. The first kappa shape index (κ1) is 9.96. The molecule has 2 unspecified atom stereocenters. The van der Waals surface area contributed by atoms with Crippen molar-refractivity contribution >= 4 is 0 Å². The van der Waals surface area contributed by atoms with Gasteiger partial charge in [-0.25, -0.2) is 0 Å². The molecule has 0 aromatic carbocycles. The fourth-order valence-corrected chi connectivity index (χ4v) is 1.73. The van der Waals surface area contributed by atoms with Crippen LogP contribution in [-0.2, 0) is 0 Å². The Balaban J connectivity index is 2.10. The molecular weight excluding hydrogens is 152 g/mol. The van der Waals surface area contributed by atoms with Crippen molar-refractivity contribution < 1.29 is 5.11 Å². The van der Waals surface area contributed by atoms with Gasteiger partial charge in [0.05, 0.1) is 0 Å². The maximum Gasteiger partial charge on any atom is 0.0431 e. The Kier molecular flexibility index (Phi) is 3.98. The lowest BCUT2D eigenvalue weighted by Gasteiger charge is -2.13. The lowest BCUT2D eigenvalue weighted by molar-refractivity contribution is 0.261. The highest BCUT2D eigenvalue weighted by molar-refractivity contribution is 4.83. The lowest BCUT2D eigenvalue weighted by atomic mass is 10.1. The summed E-state index contributed by atoms with van der Waals surface area (Å²) in [6, 6.07) is 0.360. The topological polar surface area (TPSA) is 49.5 Å². The van der Waals surface area contributed by atoms with Crippen LogP contribution in [0, 0.1) is 5.92 Å². The maximum absolute atomic E-state index is 8.60. The molecule has 1 fully saturated rings. The molecular formula is C9H20N2O. The monoisotopic (exact) mass is 172 g/mol. The van der Waals surface area contributed by atoms with Crippen molar-refractivity contribution in [1.29, 1.82) is 0 Å². The van der Waals surface area contributed by atoms with Gasteiger partial charge in [-0.2, -0.15) is 0 Å². The fourth-order valence-electron chi connectivity index (χ4n) is 1.73. The molecule has 0 aromatic heterocycles. The highest BCUT2D eigenvalue weighted by atomic mass is 16.2. The van der Waals surface area contributed by atoms with Crippen molar-refractivity contribution in [3.63, 3.8) is 0 Å². The number of hydrogen-bond acceptors (Lipinski definition) is 3.